The number of aromatic nitrogens is 1. The van der Waals surface area contributed by atoms with Crippen molar-refractivity contribution in [3.63, 3.8) is 0 Å². The molecule has 0 N–H and O–H groups in total. The number of Topliss-reactive ketones (excluding diaryl/α,β-unsaturated/α-hetero) is 1. The number of ketones is 1. The Morgan fingerprint density at radius 3 is 2.41 bits per heavy atom. The molecule has 1 aromatic heterocycles. The van der Waals surface area contributed by atoms with Crippen molar-refractivity contribution < 1.29 is 9.53 Å². The van der Waals surface area contributed by atoms with Crippen molar-refractivity contribution in [2.45, 2.75) is 20.8 Å². The first-order valence-electron chi connectivity index (χ1n) is 5.66. The summed E-state index contributed by atoms with van der Waals surface area (Å²) in [6, 6.07) is 9.19. The molecule has 0 amide bonds. The average molecular weight is 231 g/mol. The summed E-state index contributed by atoms with van der Waals surface area (Å²) in [6.07, 6.45) is 0. The van der Waals surface area contributed by atoms with Crippen LogP contribution in [0, 0.1) is 0 Å². The Balaban J connectivity index is 0.000000686. The number of hydrogen-bond acceptors (Lipinski definition) is 3. The Morgan fingerprint density at radius 2 is 1.82 bits per heavy atom. The van der Waals surface area contributed by atoms with Gasteiger partial charge in [0.25, 0.3) is 0 Å². The highest BCUT2D eigenvalue weighted by atomic mass is 16.5. The Labute approximate surface area is 101 Å². The van der Waals surface area contributed by atoms with Gasteiger partial charge in [0.1, 0.15) is 0 Å². The lowest BCUT2D eigenvalue weighted by molar-refractivity contribution is 0.101. The SMILES string of the molecule is CC.COc1ccc2ccc(C(C)=O)cc2n1. The van der Waals surface area contributed by atoms with Gasteiger partial charge in [0.2, 0.25) is 5.88 Å². The maximum absolute atomic E-state index is 11.2. The van der Waals surface area contributed by atoms with Crippen molar-refractivity contribution in [2.75, 3.05) is 7.11 Å². The van der Waals surface area contributed by atoms with Gasteiger partial charge in [-0.2, -0.15) is 0 Å². The van der Waals surface area contributed by atoms with Gasteiger partial charge in [-0.1, -0.05) is 26.0 Å². The number of ether oxygens (including phenoxy) is 1. The molecule has 0 atom stereocenters. The number of carbonyl (C=O) groups is 1. The van der Waals surface area contributed by atoms with Crippen molar-refractivity contribution in [3.05, 3.63) is 35.9 Å². The first kappa shape index (κ1) is 13.2. The molecule has 0 saturated heterocycles. The fourth-order valence-electron chi connectivity index (χ4n) is 1.43. The van der Waals surface area contributed by atoms with Crippen LogP contribution in [0.1, 0.15) is 31.1 Å². The van der Waals surface area contributed by atoms with Crippen molar-refractivity contribution in [2.24, 2.45) is 0 Å². The van der Waals surface area contributed by atoms with Crippen molar-refractivity contribution >= 4 is 16.7 Å². The number of pyridine rings is 1. The first-order chi connectivity index (χ1) is 8.20. The van der Waals surface area contributed by atoms with Crippen LogP contribution in [0.15, 0.2) is 30.3 Å². The molecular weight excluding hydrogens is 214 g/mol. The molecular formula is C14H17NO2. The summed E-state index contributed by atoms with van der Waals surface area (Å²) in [5, 5.41) is 1.00. The van der Waals surface area contributed by atoms with E-state index in [9.17, 15) is 4.79 Å². The normalized spacial score (nSPS) is 9.41. The van der Waals surface area contributed by atoms with Gasteiger partial charge < -0.3 is 4.74 Å². The second-order valence-electron chi connectivity index (χ2n) is 3.32. The summed E-state index contributed by atoms with van der Waals surface area (Å²) in [7, 11) is 1.57. The van der Waals surface area contributed by atoms with E-state index in [2.05, 4.69) is 4.98 Å². The molecule has 2 aromatic rings. The topological polar surface area (TPSA) is 39.2 Å². The van der Waals surface area contributed by atoms with E-state index in [1.165, 1.54) is 0 Å². The Kier molecular flexibility index (Phi) is 4.64. The lowest BCUT2D eigenvalue weighted by Crippen LogP contribution is -1.93. The highest BCUT2D eigenvalue weighted by Gasteiger charge is 2.02. The predicted molar refractivity (Wildman–Crippen MR) is 69.6 cm³/mol. The molecule has 0 unspecified atom stereocenters. The predicted octanol–water partition coefficient (Wildman–Crippen LogP) is 3.47. The summed E-state index contributed by atoms with van der Waals surface area (Å²) in [6.45, 7) is 5.54. The summed E-state index contributed by atoms with van der Waals surface area (Å²) in [5.41, 5.74) is 1.45. The minimum absolute atomic E-state index is 0.0431. The molecule has 1 aromatic carbocycles. The van der Waals surface area contributed by atoms with E-state index < -0.39 is 0 Å². The van der Waals surface area contributed by atoms with Crippen molar-refractivity contribution in [3.8, 4) is 5.88 Å². The molecule has 3 heteroatoms. The van der Waals surface area contributed by atoms with Crippen molar-refractivity contribution in [1.82, 2.24) is 4.98 Å². The van der Waals surface area contributed by atoms with Gasteiger partial charge in [0, 0.05) is 17.0 Å². The van der Waals surface area contributed by atoms with E-state index in [1.54, 1.807) is 32.2 Å². The molecule has 0 aliphatic carbocycles. The summed E-state index contributed by atoms with van der Waals surface area (Å²) < 4.78 is 5.03. The Morgan fingerprint density at radius 1 is 1.18 bits per heavy atom. The second-order valence-corrected chi connectivity index (χ2v) is 3.32. The van der Waals surface area contributed by atoms with Crippen LogP contribution in [0.3, 0.4) is 0 Å². The van der Waals surface area contributed by atoms with Crippen LogP contribution in [0.5, 0.6) is 5.88 Å². The molecule has 2 rings (SSSR count). The highest BCUT2D eigenvalue weighted by Crippen LogP contribution is 2.18. The zero-order valence-electron chi connectivity index (χ0n) is 10.7. The smallest absolute Gasteiger partial charge is 0.213 e. The van der Waals surface area contributed by atoms with Crippen LogP contribution in [-0.2, 0) is 0 Å². The molecule has 0 aliphatic heterocycles. The fourth-order valence-corrected chi connectivity index (χ4v) is 1.43. The number of hydrogen-bond donors (Lipinski definition) is 0. The van der Waals surface area contributed by atoms with Crippen molar-refractivity contribution in [1.29, 1.82) is 0 Å². The van der Waals surface area contributed by atoms with Crippen LogP contribution in [0.4, 0.5) is 0 Å². The monoisotopic (exact) mass is 231 g/mol. The molecule has 17 heavy (non-hydrogen) atoms. The third-order valence-corrected chi connectivity index (χ3v) is 2.28. The average Bonchev–Trinajstić information content (AvgIpc) is 2.39. The summed E-state index contributed by atoms with van der Waals surface area (Å²) in [5.74, 6) is 0.602. The third kappa shape index (κ3) is 3.03. The number of benzene rings is 1. The fraction of sp³-hybridized carbons (Fsp3) is 0.286. The number of carbonyl (C=O) groups excluding carboxylic acids is 1. The van der Waals surface area contributed by atoms with Crippen LogP contribution in [0.2, 0.25) is 0 Å². The second kappa shape index (κ2) is 5.99. The molecule has 0 radical (unpaired) electrons. The maximum Gasteiger partial charge on any atom is 0.213 e. The number of rotatable bonds is 2. The lowest BCUT2D eigenvalue weighted by atomic mass is 10.1. The van der Waals surface area contributed by atoms with Gasteiger partial charge in [-0.25, -0.2) is 4.98 Å². The minimum Gasteiger partial charge on any atom is -0.481 e. The van der Waals surface area contributed by atoms with Gasteiger partial charge in [0.15, 0.2) is 5.78 Å². The number of fused-ring (bicyclic) bond motifs is 1. The van der Waals surface area contributed by atoms with E-state index in [-0.39, 0.29) is 5.78 Å². The van der Waals surface area contributed by atoms with Crippen LogP contribution >= 0.6 is 0 Å². The first-order valence-corrected chi connectivity index (χ1v) is 5.66. The summed E-state index contributed by atoms with van der Waals surface area (Å²) in [4.78, 5) is 15.4. The van der Waals surface area contributed by atoms with Gasteiger partial charge in [-0.05, 0) is 19.1 Å². The van der Waals surface area contributed by atoms with E-state index in [0.717, 1.165) is 10.9 Å². The molecule has 0 bridgehead atoms. The molecule has 0 aliphatic rings. The molecule has 3 nitrogen and oxygen atoms in total. The van der Waals surface area contributed by atoms with Gasteiger partial charge >= 0.3 is 0 Å². The largest absolute Gasteiger partial charge is 0.481 e. The quantitative estimate of drug-likeness (QED) is 0.743. The Bertz CT molecular complexity index is 521. The standard InChI is InChI=1S/C12H11NO2.C2H6/c1-8(14)10-4-3-9-5-6-12(15-2)13-11(9)7-10;1-2/h3-7H,1-2H3;1-2H3. The van der Waals surface area contributed by atoms with E-state index in [0.29, 0.717) is 11.4 Å². The molecule has 90 valence electrons. The maximum atomic E-state index is 11.2. The minimum atomic E-state index is 0.0431. The van der Waals surface area contributed by atoms with E-state index in [1.807, 2.05) is 26.0 Å². The molecule has 0 saturated carbocycles. The van der Waals surface area contributed by atoms with Crippen LogP contribution < -0.4 is 4.74 Å². The van der Waals surface area contributed by atoms with E-state index in [4.69, 9.17) is 4.74 Å². The molecule has 1 heterocycles. The Hall–Kier alpha value is -1.90. The van der Waals surface area contributed by atoms with Gasteiger partial charge in [0.05, 0.1) is 12.6 Å². The summed E-state index contributed by atoms with van der Waals surface area (Å²) >= 11 is 0. The molecule has 0 fully saturated rings. The number of nitrogens with zero attached hydrogens (tertiary/aromatic N) is 1. The van der Waals surface area contributed by atoms with Gasteiger partial charge in [-0.15, -0.1) is 0 Å². The highest BCUT2D eigenvalue weighted by molar-refractivity contribution is 5.97. The number of methoxy groups -OCH3 is 1. The van der Waals surface area contributed by atoms with Crippen LogP contribution in [0.25, 0.3) is 10.9 Å². The molecule has 0 spiro atoms. The zero-order chi connectivity index (χ0) is 12.8. The zero-order valence-corrected chi connectivity index (χ0v) is 10.7. The lowest BCUT2D eigenvalue weighted by Gasteiger charge is -2.02. The van der Waals surface area contributed by atoms with E-state index >= 15 is 0 Å². The third-order valence-electron chi connectivity index (χ3n) is 2.28. The van der Waals surface area contributed by atoms with Gasteiger partial charge in [-0.3, -0.25) is 4.79 Å². The van der Waals surface area contributed by atoms with Crippen LogP contribution in [-0.4, -0.2) is 17.9 Å².